The zero-order valence-corrected chi connectivity index (χ0v) is 29.5. The third-order valence-electron chi connectivity index (χ3n) is 8.73. The summed E-state index contributed by atoms with van der Waals surface area (Å²) < 4.78 is 20.4. The summed E-state index contributed by atoms with van der Waals surface area (Å²) in [5.41, 5.74) is 3.39. The van der Waals surface area contributed by atoms with Crippen LogP contribution in [0, 0.1) is 0 Å². The Bertz CT molecular complexity index is 2370. The third kappa shape index (κ3) is 4.75. The third-order valence-corrected chi connectivity index (χ3v) is 11.5. The normalized spacial score (nSPS) is 12.1. The van der Waals surface area contributed by atoms with Crippen molar-refractivity contribution in [1.29, 1.82) is 0 Å². The van der Waals surface area contributed by atoms with Crippen molar-refractivity contribution >= 4 is 60.4 Å². The molecule has 0 fully saturated rings. The van der Waals surface area contributed by atoms with Crippen LogP contribution in [0.15, 0.2) is 146 Å². The molecule has 1 heterocycles. The Morgan fingerprint density at radius 1 is 0.413 bits per heavy atom. The molecule has 1 aliphatic heterocycles. The molecule has 1 aliphatic rings. The van der Waals surface area contributed by atoms with Gasteiger partial charge in [0.25, 0.3) is 0 Å². The first kappa shape index (κ1) is 29.1. The van der Waals surface area contributed by atoms with E-state index in [1.165, 1.54) is 0 Å². The first-order valence-corrected chi connectivity index (χ1v) is 17.9. The Labute approximate surface area is 294 Å². The van der Waals surface area contributed by atoms with Crippen LogP contribution >= 0.6 is 0 Å². The maximum atomic E-state index is 13.7. The average molecular weight is 661 g/mol. The molecule has 0 bridgehead atoms. The Kier molecular flexibility index (Phi) is 7.44. The van der Waals surface area contributed by atoms with E-state index in [-0.39, 0.29) is 35.3 Å². The van der Waals surface area contributed by atoms with Crippen LogP contribution in [0.25, 0.3) is 65.3 Å². The molecule has 0 N–H and O–H groups in total. The summed E-state index contributed by atoms with van der Waals surface area (Å²) in [4.78, 5) is 0. The van der Waals surface area contributed by atoms with Crippen molar-refractivity contribution in [2.75, 3.05) is 0 Å². The zero-order valence-electron chi connectivity index (χ0n) is 25.1. The molecule has 0 saturated carbocycles. The van der Waals surface area contributed by atoms with Crippen LogP contribution in [0.4, 0.5) is 0 Å². The van der Waals surface area contributed by atoms with Gasteiger partial charge in [0.1, 0.15) is 0 Å². The zero-order chi connectivity index (χ0) is 29.9. The van der Waals surface area contributed by atoms with E-state index in [1.54, 1.807) is 6.07 Å². The number of rotatable bonds is 3. The SMILES string of the molecule is [Na+].[O-]c1ccc2ccccc2c1-c1c([O][Ga]2[O]c3ccc4ccccc4c3-c3c(ccc4ccccc34)[O]2)ccc2ccccc12. The summed E-state index contributed by atoms with van der Waals surface area (Å²) in [6, 6.07) is 48.5. The van der Waals surface area contributed by atoms with E-state index in [0.717, 1.165) is 71.3 Å². The first-order chi connectivity index (χ1) is 22.2. The quantitative estimate of drug-likeness (QED) is 0.202. The van der Waals surface area contributed by atoms with E-state index in [1.807, 2.05) is 72.8 Å². The van der Waals surface area contributed by atoms with E-state index in [2.05, 4.69) is 66.7 Å². The van der Waals surface area contributed by atoms with Crippen molar-refractivity contribution in [1.82, 2.24) is 0 Å². The molecule has 0 radical (unpaired) electrons. The summed E-state index contributed by atoms with van der Waals surface area (Å²) >= 11 is -3.58. The predicted octanol–water partition coefficient (Wildman–Crippen LogP) is 6.55. The molecular formula is C40H24GaNaO4. The first-order valence-electron chi connectivity index (χ1n) is 15.0. The Hall–Kier alpha value is -4.36. The van der Waals surface area contributed by atoms with Gasteiger partial charge in [-0.2, -0.15) is 0 Å². The van der Waals surface area contributed by atoms with Crippen LogP contribution in [0.3, 0.4) is 0 Å². The molecule has 212 valence electrons. The van der Waals surface area contributed by atoms with Gasteiger partial charge in [-0.15, -0.1) is 0 Å². The van der Waals surface area contributed by atoms with Gasteiger partial charge in [-0.3, -0.25) is 0 Å². The number of benzene rings is 8. The Morgan fingerprint density at radius 3 is 1.30 bits per heavy atom. The van der Waals surface area contributed by atoms with Crippen molar-refractivity contribution in [2.24, 2.45) is 0 Å². The van der Waals surface area contributed by atoms with Crippen molar-refractivity contribution in [3.05, 3.63) is 146 Å². The molecule has 0 spiro atoms. The fourth-order valence-electron chi connectivity index (χ4n) is 6.72. The van der Waals surface area contributed by atoms with Crippen LogP contribution in [0.1, 0.15) is 0 Å². The average Bonchev–Trinajstić information content (AvgIpc) is 3.25. The van der Waals surface area contributed by atoms with Gasteiger partial charge in [-0.1, -0.05) is 0 Å². The molecule has 46 heavy (non-hydrogen) atoms. The van der Waals surface area contributed by atoms with Crippen LogP contribution in [-0.4, -0.2) is 17.3 Å². The molecule has 0 amide bonds. The molecule has 6 heteroatoms. The van der Waals surface area contributed by atoms with Gasteiger partial charge in [0.15, 0.2) is 0 Å². The van der Waals surface area contributed by atoms with Crippen molar-refractivity contribution < 1.29 is 45.3 Å². The standard InChI is InChI=1S/2C20H14O2.Ga.Na/c2*21-17-11-9-13-5-1-3-7-15(13)19(17)20-16-8-4-2-6-14(16)10-12-18(20)22;;/h2*1-12,21-22H;;/q;;+3;+1/p-4. The van der Waals surface area contributed by atoms with Gasteiger partial charge in [0.05, 0.1) is 0 Å². The summed E-state index contributed by atoms with van der Waals surface area (Å²) in [6.45, 7) is 0. The van der Waals surface area contributed by atoms with Crippen molar-refractivity contribution in [3.8, 4) is 45.3 Å². The summed E-state index contributed by atoms with van der Waals surface area (Å²) in [6.07, 6.45) is 0. The summed E-state index contributed by atoms with van der Waals surface area (Å²) in [7, 11) is 0. The molecule has 0 aliphatic carbocycles. The molecule has 4 nitrogen and oxygen atoms in total. The topological polar surface area (TPSA) is 50.8 Å². The fourth-order valence-corrected chi connectivity index (χ4v) is 9.56. The van der Waals surface area contributed by atoms with Gasteiger partial charge < -0.3 is 0 Å². The molecule has 0 aromatic heterocycles. The fraction of sp³-hybridized carbons (Fsp3) is 0. The number of hydrogen-bond acceptors (Lipinski definition) is 4. The van der Waals surface area contributed by atoms with Gasteiger partial charge in [0, 0.05) is 0 Å². The van der Waals surface area contributed by atoms with Crippen molar-refractivity contribution in [3.63, 3.8) is 0 Å². The van der Waals surface area contributed by atoms with Gasteiger partial charge in [0.2, 0.25) is 0 Å². The minimum atomic E-state index is -3.58. The molecule has 9 rings (SSSR count). The predicted molar refractivity (Wildman–Crippen MR) is 181 cm³/mol. The number of hydrogen-bond donors (Lipinski definition) is 0. The van der Waals surface area contributed by atoms with E-state index < -0.39 is 17.3 Å². The van der Waals surface area contributed by atoms with Crippen molar-refractivity contribution in [2.45, 2.75) is 0 Å². The molecular weight excluding hydrogens is 637 g/mol. The maximum absolute atomic E-state index is 13.7. The second kappa shape index (κ2) is 11.8. The Balaban J connectivity index is 0.00000312. The van der Waals surface area contributed by atoms with Crippen LogP contribution in [0.2, 0.25) is 0 Å². The van der Waals surface area contributed by atoms with Crippen LogP contribution in [0.5, 0.6) is 23.0 Å². The van der Waals surface area contributed by atoms with Gasteiger partial charge >= 0.3 is 296 Å². The minimum absolute atomic E-state index is 0. The van der Waals surface area contributed by atoms with E-state index in [0.29, 0.717) is 11.3 Å². The summed E-state index contributed by atoms with van der Waals surface area (Å²) in [5.74, 6) is 2.01. The Morgan fingerprint density at radius 2 is 0.804 bits per heavy atom. The second-order valence-corrected chi connectivity index (χ2v) is 14.0. The molecule has 8 aromatic carbocycles. The van der Waals surface area contributed by atoms with Crippen LogP contribution in [-0.2, 0) is 0 Å². The molecule has 8 aromatic rings. The van der Waals surface area contributed by atoms with Gasteiger partial charge in [-0.25, -0.2) is 0 Å². The monoisotopic (exact) mass is 660 g/mol. The van der Waals surface area contributed by atoms with E-state index >= 15 is 0 Å². The van der Waals surface area contributed by atoms with E-state index in [9.17, 15) is 5.11 Å². The second-order valence-electron chi connectivity index (χ2n) is 11.3. The van der Waals surface area contributed by atoms with Crippen LogP contribution < -0.4 is 45.3 Å². The molecule has 0 atom stereocenters. The van der Waals surface area contributed by atoms with Gasteiger partial charge in [-0.05, 0) is 0 Å². The summed E-state index contributed by atoms with van der Waals surface area (Å²) in [5, 5.41) is 21.9. The molecule has 0 unspecified atom stereocenters. The molecule has 0 saturated heterocycles. The van der Waals surface area contributed by atoms with E-state index in [4.69, 9.17) is 10.6 Å². The number of fused-ring (bicyclic) bond motifs is 9.